The summed E-state index contributed by atoms with van der Waals surface area (Å²) in [5.74, 6) is 0. The minimum atomic E-state index is -3.21. The summed E-state index contributed by atoms with van der Waals surface area (Å²) < 4.78 is 27.0. The number of halogens is 1. The third-order valence-corrected chi connectivity index (χ3v) is 7.23. The van der Waals surface area contributed by atoms with Crippen molar-refractivity contribution >= 4 is 32.5 Å². The van der Waals surface area contributed by atoms with Crippen LogP contribution in [0.2, 0.25) is 5.15 Å². The molecule has 0 unspecified atom stereocenters. The summed E-state index contributed by atoms with van der Waals surface area (Å²) in [7, 11) is -3.21. The van der Waals surface area contributed by atoms with Crippen molar-refractivity contribution in [3.63, 3.8) is 0 Å². The average molecular weight is 377 g/mol. The van der Waals surface area contributed by atoms with E-state index in [-0.39, 0.29) is 5.25 Å². The second-order valence-electron chi connectivity index (χ2n) is 6.32. The van der Waals surface area contributed by atoms with Crippen LogP contribution in [0.3, 0.4) is 0 Å². The number of hydrogen-bond donors (Lipinski definition) is 0. The molecule has 0 N–H and O–H groups in total. The van der Waals surface area contributed by atoms with Crippen LogP contribution in [0.4, 0.5) is 0 Å². The summed E-state index contributed by atoms with van der Waals surface area (Å²) in [6.45, 7) is 0.510. The highest BCUT2D eigenvalue weighted by Crippen LogP contribution is 2.29. The first-order valence-electron chi connectivity index (χ1n) is 8.20. The van der Waals surface area contributed by atoms with E-state index < -0.39 is 9.84 Å². The van der Waals surface area contributed by atoms with Crippen molar-refractivity contribution in [1.29, 1.82) is 0 Å². The highest BCUT2D eigenvalue weighted by Gasteiger charge is 2.30. The zero-order valence-electron chi connectivity index (χ0n) is 13.5. The lowest BCUT2D eigenvalue weighted by atomic mass is 10.2. The third-order valence-electron chi connectivity index (χ3n) is 4.65. The van der Waals surface area contributed by atoms with E-state index in [1.165, 1.54) is 6.33 Å². The Morgan fingerprint density at radius 3 is 2.52 bits per heavy atom. The minimum Gasteiger partial charge on any atom is -0.265 e. The smallest absolute Gasteiger partial charge is 0.185 e. The molecular weight excluding hydrogens is 360 g/mol. The molecule has 1 aliphatic carbocycles. The predicted molar refractivity (Wildman–Crippen MR) is 95.3 cm³/mol. The molecule has 4 rings (SSSR count). The Bertz CT molecular complexity index is 1010. The molecule has 2 aromatic heterocycles. The van der Waals surface area contributed by atoms with Crippen LogP contribution in [-0.2, 0) is 16.4 Å². The van der Waals surface area contributed by atoms with Crippen LogP contribution < -0.4 is 0 Å². The minimum absolute atomic E-state index is 0.226. The molecule has 8 heteroatoms. The van der Waals surface area contributed by atoms with Crippen LogP contribution >= 0.6 is 11.6 Å². The molecule has 3 aromatic rings. The highest BCUT2D eigenvalue weighted by atomic mass is 35.5. The van der Waals surface area contributed by atoms with E-state index >= 15 is 0 Å². The summed E-state index contributed by atoms with van der Waals surface area (Å²) in [6, 6.07) is 7.06. The summed E-state index contributed by atoms with van der Waals surface area (Å²) in [5, 5.41) is 5.21. The van der Waals surface area contributed by atoms with E-state index in [4.69, 9.17) is 11.6 Å². The number of rotatable bonds is 4. The standard InChI is InChI=1S/C17H17ClN4O2S/c18-16-15-10-22(21-17(15)20-11-19-16)9-12-5-7-14(8-6-12)25(23,24)13-3-1-2-4-13/h5-8,10-11,13H,1-4,9H2. The van der Waals surface area contributed by atoms with Crippen LogP contribution in [0, 0.1) is 0 Å². The molecule has 2 heterocycles. The van der Waals surface area contributed by atoms with Gasteiger partial charge in [-0.05, 0) is 30.5 Å². The van der Waals surface area contributed by atoms with Crippen LogP contribution in [0.25, 0.3) is 11.0 Å². The molecular formula is C17H17ClN4O2S. The van der Waals surface area contributed by atoms with Gasteiger partial charge in [0.05, 0.1) is 22.1 Å². The van der Waals surface area contributed by atoms with Gasteiger partial charge in [-0.3, -0.25) is 4.68 Å². The fourth-order valence-corrected chi connectivity index (χ4v) is 5.33. The molecule has 0 amide bonds. The largest absolute Gasteiger partial charge is 0.265 e. The Hall–Kier alpha value is -1.99. The zero-order valence-corrected chi connectivity index (χ0v) is 15.0. The van der Waals surface area contributed by atoms with Gasteiger partial charge in [-0.25, -0.2) is 18.4 Å². The van der Waals surface area contributed by atoms with Crippen molar-refractivity contribution in [3.05, 3.63) is 47.5 Å². The first kappa shape index (κ1) is 16.5. The van der Waals surface area contributed by atoms with E-state index in [2.05, 4.69) is 15.1 Å². The van der Waals surface area contributed by atoms with Gasteiger partial charge in [-0.2, -0.15) is 5.10 Å². The lowest BCUT2D eigenvalue weighted by Crippen LogP contribution is -2.17. The zero-order chi connectivity index (χ0) is 17.4. The maximum absolute atomic E-state index is 12.6. The quantitative estimate of drug-likeness (QED) is 0.653. The van der Waals surface area contributed by atoms with Gasteiger partial charge >= 0.3 is 0 Å². The Morgan fingerprint density at radius 2 is 1.84 bits per heavy atom. The molecule has 0 atom stereocenters. The molecule has 130 valence electrons. The Morgan fingerprint density at radius 1 is 1.12 bits per heavy atom. The molecule has 1 saturated carbocycles. The van der Waals surface area contributed by atoms with Crippen LogP contribution in [0.15, 0.2) is 41.7 Å². The van der Waals surface area contributed by atoms with Crippen LogP contribution in [0.5, 0.6) is 0 Å². The van der Waals surface area contributed by atoms with Gasteiger partial charge in [-0.15, -0.1) is 0 Å². The number of benzene rings is 1. The van der Waals surface area contributed by atoms with Gasteiger partial charge in [0, 0.05) is 6.20 Å². The molecule has 0 saturated heterocycles. The molecule has 0 bridgehead atoms. The van der Waals surface area contributed by atoms with E-state index in [1.807, 2.05) is 12.1 Å². The average Bonchev–Trinajstić information content (AvgIpc) is 3.25. The third kappa shape index (κ3) is 3.14. The number of fused-ring (bicyclic) bond motifs is 1. The Kier molecular flexibility index (Phi) is 4.21. The second kappa shape index (κ2) is 6.38. The second-order valence-corrected chi connectivity index (χ2v) is 8.91. The molecule has 0 spiro atoms. The lowest BCUT2D eigenvalue weighted by Gasteiger charge is -2.11. The van der Waals surface area contributed by atoms with Crippen molar-refractivity contribution in [2.45, 2.75) is 42.4 Å². The SMILES string of the molecule is O=S(=O)(c1ccc(Cn2cc3c(Cl)ncnc3n2)cc1)C1CCCC1. The molecule has 25 heavy (non-hydrogen) atoms. The van der Waals surface area contributed by atoms with Crippen LogP contribution in [0.1, 0.15) is 31.2 Å². The number of nitrogens with zero attached hydrogens (tertiary/aromatic N) is 4. The summed E-state index contributed by atoms with van der Waals surface area (Å²) in [5.41, 5.74) is 1.50. The molecule has 1 aliphatic rings. The maximum Gasteiger partial charge on any atom is 0.185 e. The Labute approximate surface area is 150 Å². The first-order valence-corrected chi connectivity index (χ1v) is 10.1. The van der Waals surface area contributed by atoms with E-state index in [1.54, 1.807) is 23.0 Å². The van der Waals surface area contributed by atoms with Crippen molar-refractivity contribution in [1.82, 2.24) is 19.7 Å². The monoisotopic (exact) mass is 376 g/mol. The maximum atomic E-state index is 12.6. The first-order chi connectivity index (χ1) is 12.0. The molecule has 0 radical (unpaired) electrons. The highest BCUT2D eigenvalue weighted by molar-refractivity contribution is 7.92. The van der Waals surface area contributed by atoms with Gasteiger partial charge in [0.2, 0.25) is 0 Å². The molecule has 6 nitrogen and oxygen atoms in total. The Balaban J connectivity index is 1.56. The summed E-state index contributed by atoms with van der Waals surface area (Å²) >= 11 is 6.04. The predicted octanol–water partition coefficient (Wildman–Crippen LogP) is 3.24. The number of sulfone groups is 1. The van der Waals surface area contributed by atoms with Gasteiger partial charge in [0.25, 0.3) is 0 Å². The molecule has 1 aromatic carbocycles. The normalized spacial score (nSPS) is 15.9. The number of aromatic nitrogens is 4. The van der Waals surface area contributed by atoms with Crippen molar-refractivity contribution < 1.29 is 8.42 Å². The fourth-order valence-electron chi connectivity index (χ4n) is 3.30. The summed E-state index contributed by atoms with van der Waals surface area (Å²) in [6.07, 6.45) is 6.71. The molecule has 1 fully saturated rings. The molecule has 0 aliphatic heterocycles. The fraction of sp³-hybridized carbons (Fsp3) is 0.353. The van der Waals surface area contributed by atoms with E-state index in [0.29, 0.717) is 27.6 Å². The van der Waals surface area contributed by atoms with Crippen molar-refractivity contribution in [2.75, 3.05) is 0 Å². The lowest BCUT2D eigenvalue weighted by molar-refractivity contribution is 0.579. The number of hydrogen-bond acceptors (Lipinski definition) is 5. The van der Waals surface area contributed by atoms with Gasteiger partial charge in [0.1, 0.15) is 11.5 Å². The van der Waals surface area contributed by atoms with Gasteiger partial charge in [-0.1, -0.05) is 36.6 Å². The topological polar surface area (TPSA) is 77.7 Å². The van der Waals surface area contributed by atoms with E-state index in [9.17, 15) is 8.42 Å². The van der Waals surface area contributed by atoms with Gasteiger partial charge < -0.3 is 0 Å². The van der Waals surface area contributed by atoms with Crippen LogP contribution in [-0.4, -0.2) is 33.4 Å². The van der Waals surface area contributed by atoms with Crippen molar-refractivity contribution in [3.8, 4) is 0 Å². The van der Waals surface area contributed by atoms with Gasteiger partial charge in [0.15, 0.2) is 15.5 Å². The van der Waals surface area contributed by atoms with E-state index in [0.717, 1.165) is 31.2 Å². The van der Waals surface area contributed by atoms with Crippen molar-refractivity contribution in [2.24, 2.45) is 0 Å². The summed E-state index contributed by atoms with van der Waals surface area (Å²) in [4.78, 5) is 8.43.